The summed E-state index contributed by atoms with van der Waals surface area (Å²) in [6, 6.07) is 0.762. The summed E-state index contributed by atoms with van der Waals surface area (Å²) in [6.07, 6.45) is 8.41. The fourth-order valence-electron chi connectivity index (χ4n) is 4.31. The van der Waals surface area contributed by atoms with Crippen LogP contribution in [0.5, 0.6) is 0 Å². The maximum atomic E-state index is 6.24. The van der Waals surface area contributed by atoms with Crippen LogP contribution in [0.25, 0.3) is 0 Å². The molecule has 2 aliphatic carbocycles. The Morgan fingerprint density at radius 2 is 1.78 bits per heavy atom. The number of rotatable bonds is 6. The quantitative estimate of drug-likeness (QED) is 0.777. The molecule has 1 unspecified atom stereocenters. The lowest BCUT2D eigenvalue weighted by atomic mass is 9.85. The first-order chi connectivity index (χ1) is 8.68. The lowest BCUT2D eigenvalue weighted by Gasteiger charge is -2.44. The fraction of sp³-hybridized carbons (Fsp3) is 1.00. The van der Waals surface area contributed by atoms with E-state index in [0.717, 1.165) is 24.4 Å². The molecular formula is C15H29N3. The summed E-state index contributed by atoms with van der Waals surface area (Å²) in [4.78, 5) is 5.20. The Morgan fingerprint density at radius 3 is 2.17 bits per heavy atom. The molecule has 104 valence electrons. The van der Waals surface area contributed by atoms with E-state index < -0.39 is 0 Å². The van der Waals surface area contributed by atoms with Crippen LogP contribution in [0.4, 0.5) is 0 Å². The Morgan fingerprint density at radius 1 is 1.17 bits per heavy atom. The van der Waals surface area contributed by atoms with E-state index >= 15 is 0 Å². The van der Waals surface area contributed by atoms with E-state index in [2.05, 4.69) is 23.9 Å². The number of hydrogen-bond acceptors (Lipinski definition) is 3. The van der Waals surface area contributed by atoms with Crippen molar-refractivity contribution < 1.29 is 0 Å². The first kappa shape index (κ1) is 12.9. The molecule has 1 saturated heterocycles. The van der Waals surface area contributed by atoms with Crippen molar-refractivity contribution in [2.45, 2.75) is 50.1 Å². The normalized spacial score (nSPS) is 30.3. The maximum absolute atomic E-state index is 6.24. The molecule has 1 heterocycles. The summed E-state index contributed by atoms with van der Waals surface area (Å²) in [7, 11) is 4.62. The van der Waals surface area contributed by atoms with Gasteiger partial charge in [0, 0.05) is 24.7 Å². The predicted octanol–water partition coefficient (Wildman–Crippen LogP) is 1.53. The van der Waals surface area contributed by atoms with Gasteiger partial charge in [0.15, 0.2) is 0 Å². The van der Waals surface area contributed by atoms with Crippen LogP contribution < -0.4 is 5.73 Å². The maximum Gasteiger partial charge on any atom is 0.0385 e. The second kappa shape index (κ2) is 4.77. The van der Waals surface area contributed by atoms with Crippen molar-refractivity contribution in [3.05, 3.63) is 0 Å². The van der Waals surface area contributed by atoms with Crippen molar-refractivity contribution in [2.24, 2.45) is 17.6 Å². The van der Waals surface area contributed by atoms with E-state index in [4.69, 9.17) is 5.73 Å². The molecule has 1 atom stereocenters. The van der Waals surface area contributed by atoms with Crippen LogP contribution in [0.15, 0.2) is 0 Å². The molecule has 3 aliphatic rings. The third kappa shape index (κ3) is 2.10. The van der Waals surface area contributed by atoms with Gasteiger partial charge < -0.3 is 10.6 Å². The van der Waals surface area contributed by atoms with E-state index in [-0.39, 0.29) is 0 Å². The highest BCUT2D eigenvalue weighted by Gasteiger charge is 2.55. The van der Waals surface area contributed by atoms with Crippen LogP contribution in [0.3, 0.4) is 0 Å². The van der Waals surface area contributed by atoms with Crippen LogP contribution >= 0.6 is 0 Å². The Hall–Kier alpha value is -0.120. The highest BCUT2D eigenvalue weighted by molar-refractivity contribution is 5.11. The second-order valence-corrected chi connectivity index (χ2v) is 6.90. The summed E-state index contributed by atoms with van der Waals surface area (Å²) in [5.74, 6) is 1.79. The molecule has 2 N–H and O–H groups in total. The first-order valence-electron chi connectivity index (χ1n) is 7.80. The molecule has 3 nitrogen and oxygen atoms in total. The number of hydrogen-bond donors (Lipinski definition) is 1. The summed E-state index contributed by atoms with van der Waals surface area (Å²) >= 11 is 0. The smallest absolute Gasteiger partial charge is 0.0385 e. The number of nitrogens with two attached hydrogens (primary N) is 1. The monoisotopic (exact) mass is 251 g/mol. The van der Waals surface area contributed by atoms with Gasteiger partial charge >= 0.3 is 0 Å². The van der Waals surface area contributed by atoms with Crippen LogP contribution in [0.1, 0.15) is 38.5 Å². The highest BCUT2D eigenvalue weighted by atomic mass is 15.3. The topological polar surface area (TPSA) is 32.5 Å². The Kier molecular flexibility index (Phi) is 3.41. The minimum atomic E-state index is 0.351. The van der Waals surface area contributed by atoms with Crippen molar-refractivity contribution in [1.82, 2.24) is 9.80 Å². The SMILES string of the molecule is CN1CCCC1CN(C)C(CN)(C1CC1)C1CC1. The minimum absolute atomic E-state index is 0.351. The van der Waals surface area contributed by atoms with Gasteiger partial charge in [-0.1, -0.05) is 0 Å². The molecule has 3 fully saturated rings. The van der Waals surface area contributed by atoms with Gasteiger partial charge in [-0.25, -0.2) is 0 Å². The molecular weight excluding hydrogens is 222 g/mol. The molecule has 1 aliphatic heterocycles. The van der Waals surface area contributed by atoms with Crippen LogP contribution in [-0.2, 0) is 0 Å². The first-order valence-corrected chi connectivity index (χ1v) is 7.80. The Balaban J connectivity index is 1.69. The molecule has 0 spiro atoms. The van der Waals surface area contributed by atoms with E-state index in [0.29, 0.717) is 5.54 Å². The van der Waals surface area contributed by atoms with Gasteiger partial charge in [0.2, 0.25) is 0 Å². The summed E-state index contributed by atoms with van der Waals surface area (Å²) in [5, 5.41) is 0. The summed E-state index contributed by atoms with van der Waals surface area (Å²) in [6.45, 7) is 3.37. The standard InChI is InChI=1S/C15H29N3/c1-17-9-3-4-14(17)10-18(2)15(11-16,12-5-6-12)13-7-8-13/h12-14H,3-11,16H2,1-2H3. The average molecular weight is 251 g/mol. The third-order valence-corrected chi connectivity index (χ3v) is 5.76. The van der Waals surface area contributed by atoms with E-state index in [9.17, 15) is 0 Å². The molecule has 3 rings (SSSR count). The second-order valence-electron chi connectivity index (χ2n) is 6.90. The van der Waals surface area contributed by atoms with Crippen molar-refractivity contribution in [3.63, 3.8) is 0 Å². The predicted molar refractivity (Wildman–Crippen MR) is 75.5 cm³/mol. The molecule has 18 heavy (non-hydrogen) atoms. The molecule has 0 amide bonds. The lowest BCUT2D eigenvalue weighted by Crippen LogP contribution is -2.58. The number of nitrogens with zero attached hydrogens (tertiary/aromatic N) is 2. The van der Waals surface area contributed by atoms with E-state index in [1.807, 2.05) is 0 Å². The molecule has 0 aromatic heterocycles. The van der Waals surface area contributed by atoms with Gasteiger partial charge in [-0.15, -0.1) is 0 Å². The number of likely N-dealkylation sites (N-methyl/N-ethyl adjacent to an activating group) is 2. The van der Waals surface area contributed by atoms with Gasteiger partial charge in [0.1, 0.15) is 0 Å². The number of likely N-dealkylation sites (tertiary alicyclic amines) is 1. The van der Waals surface area contributed by atoms with E-state index in [1.54, 1.807) is 0 Å². The van der Waals surface area contributed by atoms with Gasteiger partial charge in [-0.3, -0.25) is 4.90 Å². The van der Waals surface area contributed by atoms with Crippen molar-refractivity contribution >= 4 is 0 Å². The Bertz CT molecular complexity index is 284. The van der Waals surface area contributed by atoms with Gasteiger partial charge in [0.05, 0.1) is 0 Å². The molecule has 3 heteroatoms. The Labute approximate surface area is 112 Å². The molecule has 0 bridgehead atoms. The zero-order valence-corrected chi connectivity index (χ0v) is 12.1. The largest absolute Gasteiger partial charge is 0.329 e. The van der Waals surface area contributed by atoms with Gasteiger partial charge in [-0.05, 0) is 71.0 Å². The lowest BCUT2D eigenvalue weighted by molar-refractivity contribution is 0.0568. The van der Waals surface area contributed by atoms with Gasteiger partial charge in [0.25, 0.3) is 0 Å². The van der Waals surface area contributed by atoms with Crippen molar-refractivity contribution in [3.8, 4) is 0 Å². The minimum Gasteiger partial charge on any atom is -0.329 e. The zero-order valence-electron chi connectivity index (χ0n) is 12.1. The van der Waals surface area contributed by atoms with Crippen LogP contribution in [-0.4, -0.2) is 55.1 Å². The van der Waals surface area contributed by atoms with E-state index in [1.165, 1.54) is 51.6 Å². The highest BCUT2D eigenvalue weighted by Crippen LogP contribution is 2.54. The average Bonchev–Trinajstić information content (AvgIpc) is 3.24. The molecule has 2 saturated carbocycles. The third-order valence-electron chi connectivity index (χ3n) is 5.76. The van der Waals surface area contributed by atoms with Gasteiger partial charge in [-0.2, -0.15) is 0 Å². The summed E-state index contributed by atoms with van der Waals surface area (Å²) < 4.78 is 0. The molecule has 0 aromatic rings. The summed E-state index contributed by atoms with van der Waals surface area (Å²) in [5.41, 5.74) is 6.59. The van der Waals surface area contributed by atoms with Crippen LogP contribution in [0, 0.1) is 11.8 Å². The van der Waals surface area contributed by atoms with Crippen molar-refractivity contribution in [2.75, 3.05) is 33.7 Å². The zero-order chi connectivity index (χ0) is 12.8. The molecule has 0 radical (unpaired) electrons. The van der Waals surface area contributed by atoms with Crippen molar-refractivity contribution in [1.29, 1.82) is 0 Å². The fourth-order valence-corrected chi connectivity index (χ4v) is 4.31. The van der Waals surface area contributed by atoms with Crippen LogP contribution in [0.2, 0.25) is 0 Å². The molecule has 0 aromatic carbocycles.